The second kappa shape index (κ2) is 6.13. The zero-order valence-corrected chi connectivity index (χ0v) is 13.9. The molecule has 0 aliphatic carbocycles. The fraction of sp³-hybridized carbons (Fsp3) is 0.389. The van der Waals surface area contributed by atoms with Gasteiger partial charge in [0, 0.05) is 34.6 Å². The Hall–Kier alpha value is -1.81. The van der Waals surface area contributed by atoms with Crippen LogP contribution in [0.4, 0.5) is 5.69 Å². The van der Waals surface area contributed by atoms with Gasteiger partial charge in [0.1, 0.15) is 0 Å². The van der Waals surface area contributed by atoms with Gasteiger partial charge in [0.2, 0.25) is 0 Å². The number of rotatable bonds is 4. The fourth-order valence-electron chi connectivity index (χ4n) is 2.87. The minimum Gasteiger partial charge on any atom is -0.385 e. The first-order valence-electron chi connectivity index (χ1n) is 7.76. The second-order valence-electron chi connectivity index (χ2n) is 6.41. The molecule has 3 nitrogen and oxygen atoms in total. The van der Waals surface area contributed by atoms with Crippen LogP contribution in [0.15, 0.2) is 35.7 Å². The number of thiophene rings is 1. The smallest absolute Gasteiger partial charge is 0.251 e. The minimum absolute atomic E-state index is 0.0326. The molecule has 1 aromatic carbocycles. The molecule has 0 unspecified atom stereocenters. The van der Waals surface area contributed by atoms with Crippen molar-refractivity contribution in [2.75, 3.05) is 18.4 Å². The van der Waals surface area contributed by atoms with Gasteiger partial charge in [-0.3, -0.25) is 4.79 Å². The van der Waals surface area contributed by atoms with E-state index in [4.69, 9.17) is 0 Å². The largest absolute Gasteiger partial charge is 0.385 e. The molecule has 2 N–H and O–H groups in total. The number of fused-ring (bicyclic) bond motifs is 1. The normalized spacial score (nSPS) is 14.1. The molecule has 2 aromatic rings. The highest BCUT2D eigenvalue weighted by atomic mass is 32.1. The molecule has 3 rings (SSSR count). The number of carbonyl (C=O) groups excluding carboxylic acids is 1. The average molecular weight is 314 g/mol. The predicted molar refractivity (Wildman–Crippen MR) is 92.9 cm³/mol. The summed E-state index contributed by atoms with van der Waals surface area (Å²) in [6, 6.07) is 10.1. The van der Waals surface area contributed by atoms with Crippen LogP contribution in [-0.4, -0.2) is 19.0 Å². The van der Waals surface area contributed by atoms with E-state index in [1.807, 2.05) is 12.1 Å². The molecule has 1 aliphatic heterocycles. The predicted octanol–water partition coefficient (Wildman–Crippen LogP) is 3.81. The summed E-state index contributed by atoms with van der Waals surface area (Å²) in [5, 5.41) is 8.57. The van der Waals surface area contributed by atoms with E-state index in [2.05, 4.69) is 48.1 Å². The summed E-state index contributed by atoms with van der Waals surface area (Å²) in [5.41, 5.74) is 3.03. The van der Waals surface area contributed by atoms with Crippen LogP contribution in [0.1, 0.15) is 41.1 Å². The summed E-state index contributed by atoms with van der Waals surface area (Å²) >= 11 is 1.74. The van der Waals surface area contributed by atoms with Crippen molar-refractivity contribution < 1.29 is 4.79 Å². The number of nitrogens with one attached hydrogen (secondary N) is 2. The lowest BCUT2D eigenvalue weighted by Crippen LogP contribution is -2.36. The summed E-state index contributed by atoms with van der Waals surface area (Å²) in [6.07, 6.45) is 2.05. The van der Waals surface area contributed by atoms with Crippen molar-refractivity contribution in [3.05, 3.63) is 51.7 Å². The highest BCUT2D eigenvalue weighted by molar-refractivity contribution is 7.10. The third-order valence-electron chi connectivity index (χ3n) is 4.22. The van der Waals surface area contributed by atoms with Gasteiger partial charge in [-0.15, -0.1) is 11.3 Å². The standard InChI is InChI=1S/C18H22N2OS/c1-18(2,16-9-5-11-22-16)12-20-17(21)14-6-3-8-15-13(14)7-4-10-19-15/h3,5-6,8-9,11,19H,4,7,10,12H2,1-2H3,(H,20,21). The molecule has 0 spiro atoms. The molecule has 0 atom stereocenters. The van der Waals surface area contributed by atoms with Crippen molar-refractivity contribution in [1.29, 1.82) is 0 Å². The molecule has 1 amide bonds. The molecule has 1 aromatic heterocycles. The van der Waals surface area contributed by atoms with Gasteiger partial charge in [0.05, 0.1) is 0 Å². The molecular formula is C18H22N2OS. The molecule has 2 heterocycles. The van der Waals surface area contributed by atoms with E-state index in [9.17, 15) is 4.79 Å². The third kappa shape index (κ3) is 3.02. The van der Waals surface area contributed by atoms with Crippen LogP contribution >= 0.6 is 11.3 Å². The zero-order valence-electron chi connectivity index (χ0n) is 13.1. The van der Waals surface area contributed by atoms with Crippen LogP contribution in [0.2, 0.25) is 0 Å². The molecule has 0 saturated carbocycles. The Kier molecular flexibility index (Phi) is 4.21. The first-order chi connectivity index (χ1) is 10.6. The fourth-order valence-corrected chi connectivity index (χ4v) is 3.72. The first-order valence-corrected chi connectivity index (χ1v) is 8.64. The lowest BCUT2D eigenvalue weighted by atomic mass is 9.91. The lowest BCUT2D eigenvalue weighted by Gasteiger charge is -2.25. The van der Waals surface area contributed by atoms with Crippen LogP contribution in [-0.2, 0) is 11.8 Å². The maximum Gasteiger partial charge on any atom is 0.251 e. The topological polar surface area (TPSA) is 41.1 Å². The van der Waals surface area contributed by atoms with Gasteiger partial charge in [-0.2, -0.15) is 0 Å². The van der Waals surface area contributed by atoms with Crippen molar-refractivity contribution in [2.24, 2.45) is 0 Å². The molecule has 0 fully saturated rings. The Bertz CT molecular complexity index is 662. The number of amides is 1. The second-order valence-corrected chi connectivity index (χ2v) is 7.35. The van der Waals surface area contributed by atoms with Crippen molar-refractivity contribution >= 4 is 22.9 Å². The van der Waals surface area contributed by atoms with Gasteiger partial charge in [0.15, 0.2) is 0 Å². The molecule has 0 saturated heterocycles. The molecular weight excluding hydrogens is 292 g/mol. The van der Waals surface area contributed by atoms with Gasteiger partial charge in [-0.05, 0) is 42.0 Å². The Morgan fingerprint density at radius 1 is 1.32 bits per heavy atom. The van der Waals surface area contributed by atoms with Gasteiger partial charge in [-0.25, -0.2) is 0 Å². The van der Waals surface area contributed by atoms with Crippen molar-refractivity contribution in [3.8, 4) is 0 Å². The average Bonchev–Trinajstić information content (AvgIpc) is 3.07. The maximum atomic E-state index is 12.6. The number of carbonyl (C=O) groups is 1. The molecule has 4 heteroatoms. The van der Waals surface area contributed by atoms with Crippen LogP contribution < -0.4 is 10.6 Å². The van der Waals surface area contributed by atoms with Crippen molar-refractivity contribution in [3.63, 3.8) is 0 Å². The van der Waals surface area contributed by atoms with Crippen LogP contribution in [0.25, 0.3) is 0 Å². The number of hydrogen-bond donors (Lipinski definition) is 2. The first kappa shape index (κ1) is 15.1. The molecule has 1 aliphatic rings. The van der Waals surface area contributed by atoms with Gasteiger partial charge in [0.25, 0.3) is 5.91 Å². The summed E-state index contributed by atoms with van der Waals surface area (Å²) in [4.78, 5) is 13.9. The Balaban J connectivity index is 1.73. The highest BCUT2D eigenvalue weighted by Gasteiger charge is 2.24. The van der Waals surface area contributed by atoms with Crippen molar-refractivity contribution in [1.82, 2.24) is 5.32 Å². The van der Waals surface area contributed by atoms with E-state index >= 15 is 0 Å². The van der Waals surface area contributed by atoms with Gasteiger partial charge >= 0.3 is 0 Å². The number of benzene rings is 1. The van der Waals surface area contributed by atoms with E-state index in [0.717, 1.165) is 36.2 Å². The third-order valence-corrected chi connectivity index (χ3v) is 5.45. The van der Waals surface area contributed by atoms with Gasteiger partial charge in [-0.1, -0.05) is 26.0 Å². The number of anilines is 1. The monoisotopic (exact) mass is 314 g/mol. The SMILES string of the molecule is CC(C)(CNC(=O)c1cccc2c1CCCN2)c1cccs1. The van der Waals surface area contributed by atoms with Crippen LogP contribution in [0, 0.1) is 0 Å². The van der Waals surface area contributed by atoms with Crippen LogP contribution in [0.3, 0.4) is 0 Å². The quantitative estimate of drug-likeness (QED) is 0.901. The summed E-state index contributed by atoms with van der Waals surface area (Å²) in [5.74, 6) is 0.0326. The maximum absolute atomic E-state index is 12.6. The Morgan fingerprint density at radius 2 is 2.18 bits per heavy atom. The molecule has 116 valence electrons. The Labute approximate surface area is 135 Å². The van der Waals surface area contributed by atoms with Crippen molar-refractivity contribution in [2.45, 2.75) is 32.1 Å². The van der Waals surface area contributed by atoms with E-state index < -0.39 is 0 Å². The minimum atomic E-state index is -0.0447. The van der Waals surface area contributed by atoms with E-state index in [-0.39, 0.29) is 11.3 Å². The molecule has 0 bridgehead atoms. The highest BCUT2D eigenvalue weighted by Crippen LogP contribution is 2.28. The van der Waals surface area contributed by atoms with Gasteiger partial charge < -0.3 is 10.6 Å². The van der Waals surface area contributed by atoms with E-state index in [1.165, 1.54) is 4.88 Å². The molecule has 0 radical (unpaired) electrons. The van der Waals surface area contributed by atoms with E-state index in [1.54, 1.807) is 11.3 Å². The lowest BCUT2D eigenvalue weighted by molar-refractivity contribution is 0.0945. The summed E-state index contributed by atoms with van der Waals surface area (Å²) in [6.45, 7) is 5.97. The number of hydrogen-bond acceptors (Lipinski definition) is 3. The van der Waals surface area contributed by atoms with E-state index in [0.29, 0.717) is 6.54 Å². The summed E-state index contributed by atoms with van der Waals surface area (Å²) < 4.78 is 0. The Morgan fingerprint density at radius 3 is 2.95 bits per heavy atom. The van der Waals surface area contributed by atoms with Crippen LogP contribution in [0.5, 0.6) is 0 Å². The summed E-state index contributed by atoms with van der Waals surface area (Å²) in [7, 11) is 0. The zero-order chi connectivity index (χ0) is 15.6. The molecule has 22 heavy (non-hydrogen) atoms.